The van der Waals surface area contributed by atoms with E-state index >= 15 is 0 Å². The molecule has 1 heterocycles. The predicted molar refractivity (Wildman–Crippen MR) is 71.7 cm³/mol. The molecule has 1 aromatic carbocycles. The van der Waals surface area contributed by atoms with Gasteiger partial charge in [0.2, 0.25) is 0 Å². The molecule has 0 unspecified atom stereocenters. The van der Waals surface area contributed by atoms with Crippen molar-refractivity contribution in [1.29, 1.82) is 0 Å². The molecule has 0 atom stereocenters. The normalized spacial score (nSPS) is 10.6. The number of aryl methyl sites for hydroxylation is 2. The third-order valence-corrected chi connectivity index (χ3v) is 3.07. The molecule has 0 spiro atoms. The van der Waals surface area contributed by atoms with Crippen LogP contribution in [-0.2, 0) is 11.3 Å². The standard InChI is InChI=1S/C14H15NO4/c1-9-8-12(16)15(7-6-13(17)18)14-10(9)4-3-5-11(14)19-2/h3-5,8H,6-7H2,1-2H3,(H,17,18). The molecule has 0 aliphatic rings. The van der Waals surface area contributed by atoms with Gasteiger partial charge in [-0.2, -0.15) is 0 Å². The number of ether oxygens (including phenoxy) is 1. The molecule has 5 nitrogen and oxygen atoms in total. The minimum absolute atomic E-state index is 0.101. The number of aromatic nitrogens is 1. The van der Waals surface area contributed by atoms with Crippen LogP contribution >= 0.6 is 0 Å². The molecule has 0 aliphatic heterocycles. The number of aliphatic carboxylic acids is 1. The largest absolute Gasteiger partial charge is 0.495 e. The number of rotatable bonds is 4. The van der Waals surface area contributed by atoms with Gasteiger partial charge in [0.25, 0.3) is 5.56 Å². The first kappa shape index (κ1) is 13.1. The predicted octanol–water partition coefficient (Wildman–Crippen LogP) is 1.79. The van der Waals surface area contributed by atoms with Gasteiger partial charge in [0.05, 0.1) is 19.0 Å². The molecule has 0 aliphatic carbocycles. The highest BCUT2D eigenvalue weighted by molar-refractivity contribution is 5.87. The van der Waals surface area contributed by atoms with E-state index in [0.717, 1.165) is 10.9 Å². The van der Waals surface area contributed by atoms with Crippen LogP contribution in [0.5, 0.6) is 5.75 Å². The van der Waals surface area contributed by atoms with Crippen molar-refractivity contribution in [2.75, 3.05) is 7.11 Å². The van der Waals surface area contributed by atoms with Crippen LogP contribution in [-0.4, -0.2) is 22.8 Å². The number of pyridine rings is 1. The maximum atomic E-state index is 12.0. The first-order chi connectivity index (χ1) is 9.04. The second kappa shape index (κ2) is 5.14. The third kappa shape index (κ3) is 2.45. The first-order valence-electron chi connectivity index (χ1n) is 5.93. The zero-order chi connectivity index (χ0) is 14.0. The molecule has 0 radical (unpaired) electrons. The number of carbonyl (C=O) groups is 1. The summed E-state index contributed by atoms with van der Waals surface area (Å²) in [6, 6.07) is 7.02. The monoisotopic (exact) mass is 261 g/mol. The van der Waals surface area contributed by atoms with E-state index in [1.807, 2.05) is 19.1 Å². The van der Waals surface area contributed by atoms with Crippen LogP contribution in [0, 0.1) is 6.92 Å². The Balaban J connectivity index is 2.73. The van der Waals surface area contributed by atoms with Crippen molar-refractivity contribution < 1.29 is 14.6 Å². The van der Waals surface area contributed by atoms with Crippen LogP contribution in [0.15, 0.2) is 29.1 Å². The summed E-state index contributed by atoms with van der Waals surface area (Å²) in [5.41, 5.74) is 1.29. The van der Waals surface area contributed by atoms with Crippen LogP contribution in [0.4, 0.5) is 0 Å². The van der Waals surface area contributed by atoms with Gasteiger partial charge in [0.15, 0.2) is 0 Å². The molecule has 2 rings (SSSR count). The Morgan fingerprint density at radius 2 is 2.16 bits per heavy atom. The Morgan fingerprint density at radius 3 is 2.79 bits per heavy atom. The van der Waals surface area contributed by atoms with E-state index in [4.69, 9.17) is 9.84 Å². The van der Waals surface area contributed by atoms with Crippen LogP contribution in [0.3, 0.4) is 0 Å². The molecule has 19 heavy (non-hydrogen) atoms. The molecule has 0 saturated carbocycles. The maximum absolute atomic E-state index is 12.0. The summed E-state index contributed by atoms with van der Waals surface area (Å²) in [6.07, 6.45) is -0.101. The van der Waals surface area contributed by atoms with Gasteiger partial charge in [0.1, 0.15) is 5.75 Å². The van der Waals surface area contributed by atoms with Crippen molar-refractivity contribution in [3.8, 4) is 5.75 Å². The van der Waals surface area contributed by atoms with E-state index in [1.165, 1.54) is 17.7 Å². The topological polar surface area (TPSA) is 68.5 Å². The molecule has 100 valence electrons. The average molecular weight is 261 g/mol. The fourth-order valence-electron chi connectivity index (χ4n) is 2.16. The molecule has 2 aromatic rings. The molecule has 0 amide bonds. The number of carboxylic acid groups (broad SMARTS) is 1. The van der Waals surface area contributed by atoms with Crippen molar-refractivity contribution in [2.45, 2.75) is 19.9 Å². The smallest absolute Gasteiger partial charge is 0.305 e. The first-order valence-corrected chi connectivity index (χ1v) is 5.93. The highest BCUT2D eigenvalue weighted by Gasteiger charge is 2.11. The zero-order valence-electron chi connectivity index (χ0n) is 10.8. The van der Waals surface area contributed by atoms with Crippen molar-refractivity contribution in [3.63, 3.8) is 0 Å². The highest BCUT2D eigenvalue weighted by atomic mass is 16.5. The number of benzene rings is 1. The van der Waals surface area contributed by atoms with Crippen molar-refractivity contribution in [1.82, 2.24) is 4.57 Å². The Hall–Kier alpha value is -2.30. The summed E-state index contributed by atoms with van der Waals surface area (Å²) in [4.78, 5) is 22.7. The highest BCUT2D eigenvalue weighted by Crippen LogP contribution is 2.26. The Bertz CT molecular complexity index is 688. The molecular formula is C14H15NO4. The van der Waals surface area contributed by atoms with E-state index in [2.05, 4.69) is 0 Å². The van der Waals surface area contributed by atoms with Gasteiger partial charge in [-0.1, -0.05) is 12.1 Å². The third-order valence-electron chi connectivity index (χ3n) is 3.07. The molecule has 0 bridgehead atoms. The number of nitrogens with zero attached hydrogens (tertiary/aromatic N) is 1. The summed E-state index contributed by atoms with van der Waals surface area (Å²) in [6.45, 7) is 1.98. The van der Waals surface area contributed by atoms with Gasteiger partial charge in [-0.25, -0.2) is 0 Å². The van der Waals surface area contributed by atoms with Crippen LogP contribution < -0.4 is 10.3 Å². The molecular weight excluding hydrogens is 246 g/mol. The average Bonchev–Trinajstić information content (AvgIpc) is 2.37. The van der Waals surface area contributed by atoms with Gasteiger partial charge in [-0.15, -0.1) is 0 Å². The number of methoxy groups -OCH3 is 1. The summed E-state index contributed by atoms with van der Waals surface area (Å²) >= 11 is 0. The van der Waals surface area contributed by atoms with E-state index in [1.54, 1.807) is 6.07 Å². The van der Waals surface area contributed by atoms with Gasteiger partial charge in [-0.3, -0.25) is 9.59 Å². The van der Waals surface area contributed by atoms with Crippen LogP contribution in [0.2, 0.25) is 0 Å². The second-order valence-corrected chi connectivity index (χ2v) is 4.32. The van der Waals surface area contributed by atoms with Crippen molar-refractivity contribution in [2.24, 2.45) is 0 Å². The fourth-order valence-corrected chi connectivity index (χ4v) is 2.16. The summed E-state index contributed by atoms with van der Waals surface area (Å²) in [5.74, 6) is -0.362. The summed E-state index contributed by atoms with van der Waals surface area (Å²) in [5, 5.41) is 9.67. The number of hydrogen-bond donors (Lipinski definition) is 1. The molecule has 0 fully saturated rings. The number of hydrogen-bond acceptors (Lipinski definition) is 3. The fraction of sp³-hybridized carbons (Fsp3) is 0.286. The lowest BCUT2D eigenvalue weighted by atomic mass is 10.1. The Kier molecular flexibility index (Phi) is 3.55. The molecule has 1 aromatic heterocycles. The minimum Gasteiger partial charge on any atom is -0.495 e. The quantitative estimate of drug-likeness (QED) is 0.911. The SMILES string of the molecule is COc1cccc2c(C)cc(=O)n(CCC(=O)O)c12. The van der Waals surface area contributed by atoms with E-state index in [-0.39, 0.29) is 18.5 Å². The Morgan fingerprint density at radius 1 is 1.42 bits per heavy atom. The van der Waals surface area contributed by atoms with E-state index in [0.29, 0.717) is 11.3 Å². The number of carboxylic acids is 1. The lowest BCUT2D eigenvalue weighted by Crippen LogP contribution is -2.22. The van der Waals surface area contributed by atoms with Gasteiger partial charge in [-0.05, 0) is 18.6 Å². The summed E-state index contributed by atoms with van der Waals surface area (Å²) in [7, 11) is 1.53. The van der Waals surface area contributed by atoms with Crippen molar-refractivity contribution >= 4 is 16.9 Å². The van der Waals surface area contributed by atoms with Crippen molar-refractivity contribution in [3.05, 3.63) is 40.2 Å². The Labute approximate surface area is 110 Å². The van der Waals surface area contributed by atoms with Gasteiger partial charge < -0.3 is 14.4 Å². The number of para-hydroxylation sites is 1. The summed E-state index contributed by atoms with van der Waals surface area (Å²) < 4.78 is 6.73. The lowest BCUT2D eigenvalue weighted by Gasteiger charge is -2.14. The maximum Gasteiger partial charge on any atom is 0.305 e. The van der Waals surface area contributed by atoms with Gasteiger partial charge >= 0.3 is 5.97 Å². The van der Waals surface area contributed by atoms with Crippen LogP contribution in [0.1, 0.15) is 12.0 Å². The zero-order valence-corrected chi connectivity index (χ0v) is 10.8. The van der Waals surface area contributed by atoms with E-state index in [9.17, 15) is 9.59 Å². The second-order valence-electron chi connectivity index (χ2n) is 4.32. The lowest BCUT2D eigenvalue weighted by molar-refractivity contribution is -0.137. The molecule has 5 heteroatoms. The van der Waals surface area contributed by atoms with E-state index < -0.39 is 5.97 Å². The molecule has 0 saturated heterocycles. The van der Waals surface area contributed by atoms with Crippen LogP contribution in [0.25, 0.3) is 10.9 Å². The number of fused-ring (bicyclic) bond motifs is 1. The minimum atomic E-state index is -0.935. The van der Waals surface area contributed by atoms with Gasteiger partial charge in [0, 0.05) is 18.0 Å². The molecule has 1 N–H and O–H groups in total.